The molecule has 1 N–H and O–H groups in total. The molecule has 3 heteroatoms. The Hall–Kier alpha value is -1.06. The van der Waals surface area contributed by atoms with E-state index in [9.17, 15) is 0 Å². The van der Waals surface area contributed by atoms with Gasteiger partial charge >= 0.3 is 0 Å². The fraction of sp³-hybridized carbons (Fsp3) is 0.625. The molecule has 0 radical (unpaired) electrons. The zero-order valence-electron chi connectivity index (χ0n) is 11.9. The van der Waals surface area contributed by atoms with Gasteiger partial charge in [0.05, 0.1) is 0 Å². The first-order chi connectivity index (χ1) is 9.24. The van der Waals surface area contributed by atoms with Crippen molar-refractivity contribution in [1.82, 2.24) is 10.2 Å². The maximum absolute atomic E-state index is 5.84. The van der Waals surface area contributed by atoms with Crippen LogP contribution in [0, 0.1) is 18.8 Å². The summed E-state index contributed by atoms with van der Waals surface area (Å²) in [5.74, 6) is 2.69. The molecule has 0 saturated carbocycles. The molecule has 3 unspecified atom stereocenters. The first-order valence-corrected chi connectivity index (χ1v) is 7.38. The molecular formula is C16H24N2O. The summed E-state index contributed by atoms with van der Waals surface area (Å²) in [5.41, 5.74) is 1.28. The van der Waals surface area contributed by atoms with E-state index in [4.69, 9.17) is 4.74 Å². The smallest absolute Gasteiger partial charge is 0.119 e. The molecule has 0 aliphatic carbocycles. The van der Waals surface area contributed by atoms with E-state index in [0.717, 1.165) is 30.7 Å². The predicted octanol–water partition coefficient (Wildman–Crippen LogP) is 1.91. The Bertz CT molecular complexity index is 417. The van der Waals surface area contributed by atoms with E-state index in [-0.39, 0.29) is 0 Å². The molecule has 0 aromatic heterocycles. The molecule has 0 amide bonds. The summed E-state index contributed by atoms with van der Waals surface area (Å²) in [4.78, 5) is 2.59. The first-order valence-electron chi connectivity index (χ1n) is 7.38. The topological polar surface area (TPSA) is 24.5 Å². The van der Waals surface area contributed by atoms with E-state index >= 15 is 0 Å². The van der Waals surface area contributed by atoms with Crippen LogP contribution in [0.25, 0.3) is 0 Å². The minimum absolute atomic E-state index is 0.696. The van der Waals surface area contributed by atoms with E-state index in [2.05, 4.69) is 48.3 Å². The fourth-order valence-corrected chi connectivity index (χ4v) is 3.47. The second-order valence-electron chi connectivity index (χ2n) is 5.98. The number of fused-ring (bicyclic) bond motifs is 1. The van der Waals surface area contributed by atoms with Gasteiger partial charge in [-0.05, 0) is 50.9 Å². The molecule has 3 nitrogen and oxygen atoms in total. The van der Waals surface area contributed by atoms with Gasteiger partial charge in [0.25, 0.3) is 0 Å². The van der Waals surface area contributed by atoms with E-state index in [0.29, 0.717) is 6.04 Å². The van der Waals surface area contributed by atoms with Crippen LogP contribution in [0.2, 0.25) is 0 Å². The third kappa shape index (κ3) is 2.77. The summed E-state index contributed by atoms with van der Waals surface area (Å²) in [6, 6.07) is 9.01. The molecule has 1 aromatic rings. The maximum atomic E-state index is 5.84. The Kier molecular flexibility index (Phi) is 3.76. The van der Waals surface area contributed by atoms with Crippen LogP contribution in [-0.4, -0.2) is 43.7 Å². The number of ether oxygens (including phenoxy) is 1. The zero-order valence-corrected chi connectivity index (χ0v) is 11.9. The van der Waals surface area contributed by atoms with Gasteiger partial charge in [0, 0.05) is 19.1 Å². The molecule has 2 fully saturated rings. The van der Waals surface area contributed by atoms with Crippen LogP contribution in [0.4, 0.5) is 0 Å². The van der Waals surface area contributed by atoms with Gasteiger partial charge in [-0.15, -0.1) is 0 Å². The average molecular weight is 260 g/mol. The minimum Gasteiger partial charge on any atom is -0.492 e. The van der Waals surface area contributed by atoms with Crippen molar-refractivity contribution in [3.8, 4) is 5.75 Å². The normalized spacial score (nSPS) is 30.5. The van der Waals surface area contributed by atoms with Gasteiger partial charge in [-0.1, -0.05) is 17.7 Å². The summed E-state index contributed by atoms with van der Waals surface area (Å²) in [7, 11) is 0. The summed E-state index contributed by atoms with van der Waals surface area (Å²) in [6.45, 7) is 9.93. The molecule has 1 aromatic carbocycles. The summed E-state index contributed by atoms with van der Waals surface area (Å²) in [6.07, 6.45) is 0. The van der Waals surface area contributed by atoms with Crippen LogP contribution in [0.1, 0.15) is 12.5 Å². The van der Waals surface area contributed by atoms with Gasteiger partial charge in [-0.3, -0.25) is 4.90 Å². The van der Waals surface area contributed by atoms with Gasteiger partial charge in [-0.2, -0.15) is 0 Å². The predicted molar refractivity (Wildman–Crippen MR) is 77.6 cm³/mol. The number of nitrogens with one attached hydrogen (secondary N) is 1. The van der Waals surface area contributed by atoms with Crippen molar-refractivity contribution >= 4 is 0 Å². The van der Waals surface area contributed by atoms with Crippen molar-refractivity contribution in [2.45, 2.75) is 19.9 Å². The monoisotopic (exact) mass is 260 g/mol. The summed E-state index contributed by atoms with van der Waals surface area (Å²) >= 11 is 0. The molecule has 2 saturated heterocycles. The molecule has 2 aliphatic rings. The molecule has 3 atom stereocenters. The summed E-state index contributed by atoms with van der Waals surface area (Å²) in [5, 5.41) is 3.50. The van der Waals surface area contributed by atoms with Crippen molar-refractivity contribution in [3.63, 3.8) is 0 Å². The Morgan fingerprint density at radius 3 is 2.79 bits per heavy atom. The summed E-state index contributed by atoms with van der Waals surface area (Å²) < 4.78 is 5.84. The standard InChI is InChI=1S/C16H24N2O/c1-12-3-5-15(6-4-12)19-8-7-18-11-14-9-17-10-16(14)13(18)2/h3-6,13-14,16-17H,7-11H2,1-2H3. The van der Waals surface area contributed by atoms with Crippen LogP contribution in [0.5, 0.6) is 5.75 Å². The lowest BCUT2D eigenvalue weighted by atomic mass is 9.95. The zero-order chi connectivity index (χ0) is 13.2. The second kappa shape index (κ2) is 5.51. The lowest BCUT2D eigenvalue weighted by Crippen LogP contribution is -2.36. The average Bonchev–Trinajstić information content (AvgIpc) is 2.97. The van der Waals surface area contributed by atoms with Gasteiger partial charge in [-0.25, -0.2) is 0 Å². The highest BCUT2D eigenvalue weighted by Crippen LogP contribution is 2.31. The fourth-order valence-electron chi connectivity index (χ4n) is 3.47. The van der Waals surface area contributed by atoms with Crippen molar-refractivity contribution < 1.29 is 4.74 Å². The van der Waals surface area contributed by atoms with Crippen molar-refractivity contribution in [2.75, 3.05) is 32.8 Å². The Balaban J connectivity index is 1.46. The molecule has 19 heavy (non-hydrogen) atoms. The third-order valence-electron chi connectivity index (χ3n) is 4.72. The molecule has 2 aliphatic heterocycles. The van der Waals surface area contributed by atoms with Crippen molar-refractivity contribution in [1.29, 1.82) is 0 Å². The SMILES string of the molecule is Cc1ccc(OCCN2CC3CNCC3C2C)cc1. The van der Waals surface area contributed by atoms with Crippen LogP contribution < -0.4 is 10.1 Å². The van der Waals surface area contributed by atoms with Crippen LogP contribution in [0.15, 0.2) is 24.3 Å². The highest BCUT2D eigenvalue weighted by molar-refractivity contribution is 5.26. The van der Waals surface area contributed by atoms with Crippen molar-refractivity contribution in [3.05, 3.63) is 29.8 Å². The van der Waals surface area contributed by atoms with Gasteiger partial charge in [0.2, 0.25) is 0 Å². The highest BCUT2D eigenvalue weighted by atomic mass is 16.5. The quantitative estimate of drug-likeness (QED) is 0.895. The number of hydrogen-bond donors (Lipinski definition) is 1. The maximum Gasteiger partial charge on any atom is 0.119 e. The molecule has 2 heterocycles. The molecule has 0 bridgehead atoms. The van der Waals surface area contributed by atoms with Gasteiger partial charge < -0.3 is 10.1 Å². The Morgan fingerprint density at radius 2 is 2.05 bits per heavy atom. The Labute approximate surface area is 115 Å². The number of rotatable bonds is 4. The van der Waals surface area contributed by atoms with E-state index in [1.165, 1.54) is 25.2 Å². The number of benzene rings is 1. The molecule has 3 rings (SSSR count). The third-order valence-corrected chi connectivity index (χ3v) is 4.72. The van der Waals surface area contributed by atoms with Gasteiger partial charge in [0.1, 0.15) is 12.4 Å². The minimum atomic E-state index is 0.696. The second-order valence-corrected chi connectivity index (χ2v) is 5.98. The van der Waals surface area contributed by atoms with E-state index in [1.54, 1.807) is 0 Å². The van der Waals surface area contributed by atoms with E-state index < -0.39 is 0 Å². The van der Waals surface area contributed by atoms with Gasteiger partial charge in [0.15, 0.2) is 0 Å². The number of aryl methyl sites for hydroxylation is 1. The van der Waals surface area contributed by atoms with Crippen molar-refractivity contribution in [2.24, 2.45) is 11.8 Å². The highest BCUT2D eigenvalue weighted by Gasteiger charge is 2.41. The van der Waals surface area contributed by atoms with E-state index in [1.807, 2.05) is 0 Å². The van der Waals surface area contributed by atoms with Crippen LogP contribution >= 0.6 is 0 Å². The lowest BCUT2D eigenvalue weighted by Gasteiger charge is -2.24. The Morgan fingerprint density at radius 1 is 1.26 bits per heavy atom. The number of likely N-dealkylation sites (tertiary alicyclic amines) is 1. The number of nitrogens with zero attached hydrogens (tertiary/aromatic N) is 1. The molecular weight excluding hydrogens is 236 g/mol. The number of hydrogen-bond acceptors (Lipinski definition) is 3. The van der Waals surface area contributed by atoms with Crippen LogP contribution in [0.3, 0.4) is 0 Å². The first kappa shape index (κ1) is 12.9. The van der Waals surface area contributed by atoms with Crippen LogP contribution in [-0.2, 0) is 0 Å². The molecule has 104 valence electrons. The largest absolute Gasteiger partial charge is 0.492 e. The lowest BCUT2D eigenvalue weighted by molar-refractivity contribution is 0.189. The molecule has 0 spiro atoms.